The van der Waals surface area contributed by atoms with Crippen molar-refractivity contribution < 1.29 is 18.3 Å². The second-order valence-corrected chi connectivity index (χ2v) is 8.43. The highest BCUT2D eigenvalue weighted by atomic mass is 32.2. The van der Waals surface area contributed by atoms with Crippen LogP contribution in [-0.2, 0) is 10.0 Å². The molecule has 0 aliphatic carbocycles. The highest BCUT2D eigenvalue weighted by molar-refractivity contribution is 7.89. The Balaban J connectivity index is 1.92. The van der Waals surface area contributed by atoms with Gasteiger partial charge in [0.2, 0.25) is 10.0 Å². The van der Waals surface area contributed by atoms with Gasteiger partial charge in [0.1, 0.15) is 11.4 Å². The summed E-state index contributed by atoms with van der Waals surface area (Å²) in [5, 5.41) is 13.6. The standard InChI is InChI=1S/C20H23N3O4S/c1-4-23(5-2)28(26,27)15-8-9-19(24)17(12-15)22-20(25)18-11-14-7-6-13(3)10-16(14)21-18/h6-12,21,24H,4-5H2,1-3H3,(H,22,25). The van der Waals surface area contributed by atoms with Crippen molar-refractivity contribution in [3.8, 4) is 5.75 Å². The molecule has 0 spiro atoms. The number of aryl methyl sites for hydroxylation is 1. The largest absolute Gasteiger partial charge is 0.506 e. The topological polar surface area (TPSA) is 102 Å². The number of amides is 1. The number of anilines is 1. The van der Waals surface area contributed by atoms with Gasteiger partial charge in [-0.1, -0.05) is 26.0 Å². The number of benzene rings is 2. The molecule has 0 aliphatic heterocycles. The van der Waals surface area contributed by atoms with Crippen molar-refractivity contribution in [2.45, 2.75) is 25.7 Å². The Labute approximate surface area is 164 Å². The molecule has 0 radical (unpaired) electrons. The van der Waals surface area contributed by atoms with Gasteiger partial charge in [-0.3, -0.25) is 4.79 Å². The number of carbonyl (C=O) groups excluding carboxylic acids is 1. The first-order chi connectivity index (χ1) is 13.3. The maximum absolute atomic E-state index is 12.7. The van der Waals surface area contributed by atoms with E-state index in [4.69, 9.17) is 0 Å². The quantitative estimate of drug-likeness (QED) is 0.550. The molecular formula is C20H23N3O4S. The first-order valence-electron chi connectivity index (χ1n) is 9.00. The van der Waals surface area contributed by atoms with E-state index in [9.17, 15) is 18.3 Å². The van der Waals surface area contributed by atoms with Crippen molar-refractivity contribution in [3.63, 3.8) is 0 Å². The zero-order valence-corrected chi connectivity index (χ0v) is 16.8. The van der Waals surface area contributed by atoms with Gasteiger partial charge in [0.15, 0.2) is 0 Å². The average molecular weight is 401 g/mol. The number of carbonyl (C=O) groups is 1. The Morgan fingerprint density at radius 1 is 1.11 bits per heavy atom. The molecule has 2 aromatic carbocycles. The third-order valence-electron chi connectivity index (χ3n) is 4.58. The molecule has 3 N–H and O–H groups in total. The Hall–Kier alpha value is -2.84. The van der Waals surface area contributed by atoms with Crippen molar-refractivity contribution in [3.05, 3.63) is 53.7 Å². The summed E-state index contributed by atoms with van der Waals surface area (Å²) in [4.78, 5) is 15.7. The van der Waals surface area contributed by atoms with Crippen molar-refractivity contribution >= 4 is 32.5 Å². The number of phenols is 1. The van der Waals surface area contributed by atoms with E-state index >= 15 is 0 Å². The number of fused-ring (bicyclic) bond motifs is 1. The maximum Gasteiger partial charge on any atom is 0.272 e. The van der Waals surface area contributed by atoms with Crippen LogP contribution in [0.1, 0.15) is 29.9 Å². The van der Waals surface area contributed by atoms with Gasteiger partial charge in [0, 0.05) is 24.0 Å². The van der Waals surface area contributed by atoms with Crippen molar-refractivity contribution in [1.82, 2.24) is 9.29 Å². The molecule has 0 unspecified atom stereocenters. The molecule has 28 heavy (non-hydrogen) atoms. The van der Waals surface area contributed by atoms with E-state index < -0.39 is 15.9 Å². The number of aromatic amines is 1. The summed E-state index contributed by atoms with van der Waals surface area (Å²) in [5.74, 6) is -0.680. The number of phenolic OH excluding ortho intramolecular Hbond substituents is 1. The van der Waals surface area contributed by atoms with Gasteiger partial charge in [0.05, 0.1) is 10.6 Å². The zero-order chi connectivity index (χ0) is 20.5. The maximum atomic E-state index is 12.7. The predicted molar refractivity (Wildman–Crippen MR) is 109 cm³/mol. The van der Waals surface area contributed by atoms with E-state index in [2.05, 4.69) is 10.3 Å². The van der Waals surface area contributed by atoms with Crippen molar-refractivity contribution in [2.24, 2.45) is 0 Å². The zero-order valence-electron chi connectivity index (χ0n) is 16.0. The monoisotopic (exact) mass is 401 g/mol. The van der Waals surface area contributed by atoms with Crippen LogP contribution in [0.3, 0.4) is 0 Å². The van der Waals surface area contributed by atoms with Crippen molar-refractivity contribution in [1.29, 1.82) is 0 Å². The molecule has 8 heteroatoms. The molecule has 0 fully saturated rings. The summed E-state index contributed by atoms with van der Waals surface area (Å²) in [6.07, 6.45) is 0. The third-order valence-corrected chi connectivity index (χ3v) is 6.63. The number of rotatable bonds is 6. The van der Waals surface area contributed by atoms with Crippen LogP contribution in [0.4, 0.5) is 5.69 Å². The summed E-state index contributed by atoms with van der Waals surface area (Å²) in [5.41, 5.74) is 2.24. The van der Waals surface area contributed by atoms with Gasteiger partial charge in [-0.25, -0.2) is 8.42 Å². The predicted octanol–water partition coefficient (Wildman–Crippen LogP) is 3.46. The number of hydrogen-bond donors (Lipinski definition) is 3. The van der Waals surface area contributed by atoms with E-state index in [0.717, 1.165) is 16.5 Å². The Morgan fingerprint density at radius 2 is 1.82 bits per heavy atom. The van der Waals surface area contributed by atoms with Crippen LogP contribution in [0.5, 0.6) is 5.75 Å². The number of nitrogens with one attached hydrogen (secondary N) is 2. The smallest absolute Gasteiger partial charge is 0.272 e. The van der Waals surface area contributed by atoms with E-state index in [1.54, 1.807) is 19.9 Å². The van der Waals surface area contributed by atoms with Gasteiger partial charge >= 0.3 is 0 Å². The van der Waals surface area contributed by atoms with Gasteiger partial charge in [0.25, 0.3) is 5.91 Å². The lowest BCUT2D eigenvalue weighted by atomic mass is 10.2. The molecule has 3 aromatic rings. The summed E-state index contributed by atoms with van der Waals surface area (Å²) in [7, 11) is -3.70. The van der Waals surface area contributed by atoms with E-state index in [1.807, 2.05) is 25.1 Å². The SMILES string of the molecule is CCN(CC)S(=O)(=O)c1ccc(O)c(NC(=O)c2cc3ccc(C)cc3[nH]2)c1. The van der Waals surface area contributed by atoms with E-state index in [0.29, 0.717) is 18.8 Å². The highest BCUT2D eigenvalue weighted by Gasteiger charge is 2.23. The summed E-state index contributed by atoms with van der Waals surface area (Å²) >= 11 is 0. The number of sulfonamides is 1. The lowest BCUT2D eigenvalue weighted by molar-refractivity contribution is 0.102. The fourth-order valence-electron chi connectivity index (χ4n) is 3.04. The van der Waals surface area contributed by atoms with E-state index in [1.165, 1.54) is 22.5 Å². The highest BCUT2D eigenvalue weighted by Crippen LogP contribution is 2.28. The van der Waals surface area contributed by atoms with Crippen molar-refractivity contribution in [2.75, 3.05) is 18.4 Å². The van der Waals surface area contributed by atoms with Crippen LogP contribution < -0.4 is 5.32 Å². The fourth-order valence-corrected chi connectivity index (χ4v) is 4.53. The summed E-state index contributed by atoms with van der Waals surface area (Å²) in [6, 6.07) is 11.4. The second-order valence-electron chi connectivity index (χ2n) is 6.50. The second kappa shape index (κ2) is 7.65. The Bertz CT molecular complexity index is 1130. The van der Waals surface area contributed by atoms with Crippen LogP contribution in [0.15, 0.2) is 47.4 Å². The Kier molecular flexibility index (Phi) is 5.44. The number of H-pyrrole nitrogens is 1. The normalized spacial score (nSPS) is 11.9. The minimum absolute atomic E-state index is 0.0107. The fraction of sp³-hybridized carbons (Fsp3) is 0.250. The molecule has 0 aliphatic rings. The van der Waals surface area contributed by atoms with E-state index in [-0.39, 0.29) is 16.3 Å². The molecule has 0 saturated carbocycles. The number of aromatic nitrogens is 1. The summed E-state index contributed by atoms with van der Waals surface area (Å²) in [6.45, 7) is 6.12. The number of nitrogens with zero attached hydrogens (tertiary/aromatic N) is 1. The Morgan fingerprint density at radius 3 is 2.50 bits per heavy atom. The molecule has 0 bridgehead atoms. The molecule has 1 amide bonds. The minimum Gasteiger partial charge on any atom is -0.506 e. The number of hydrogen-bond acceptors (Lipinski definition) is 4. The minimum atomic E-state index is -3.70. The molecular weight excluding hydrogens is 378 g/mol. The van der Waals surface area contributed by atoms with Crippen LogP contribution in [0.25, 0.3) is 10.9 Å². The molecule has 0 saturated heterocycles. The van der Waals surface area contributed by atoms with Gasteiger partial charge in [-0.05, 0) is 42.8 Å². The number of aromatic hydroxyl groups is 1. The van der Waals surface area contributed by atoms with Crippen LogP contribution in [-0.4, -0.2) is 41.8 Å². The third kappa shape index (κ3) is 3.74. The lowest BCUT2D eigenvalue weighted by Gasteiger charge is -2.19. The molecule has 1 aromatic heterocycles. The van der Waals surface area contributed by atoms with Crippen LogP contribution in [0, 0.1) is 6.92 Å². The average Bonchev–Trinajstić information content (AvgIpc) is 3.07. The van der Waals surface area contributed by atoms with Crippen LogP contribution >= 0.6 is 0 Å². The molecule has 148 valence electrons. The molecule has 0 atom stereocenters. The van der Waals surface area contributed by atoms with Crippen LogP contribution in [0.2, 0.25) is 0 Å². The van der Waals surface area contributed by atoms with Gasteiger partial charge in [-0.2, -0.15) is 4.31 Å². The summed E-state index contributed by atoms with van der Waals surface area (Å²) < 4.78 is 26.7. The molecule has 3 rings (SSSR count). The van der Waals surface area contributed by atoms with Gasteiger partial charge < -0.3 is 15.4 Å². The van der Waals surface area contributed by atoms with Gasteiger partial charge in [-0.15, -0.1) is 0 Å². The lowest BCUT2D eigenvalue weighted by Crippen LogP contribution is -2.30. The first-order valence-corrected chi connectivity index (χ1v) is 10.4. The first kappa shape index (κ1) is 19.9. The molecule has 1 heterocycles. The molecule has 7 nitrogen and oxygen atoms in total.